The highest BCUT2D eigenvalue weighted by Gasteiger charge is 2.18. The molecule has 4 aromatic rings. The summed E-state index contributed by atoms with van der Waals surface area (Å²) < 4.78 is 12.4. The topological polar surface area (TPSA) is 92.0 Å². The molecule has 0 spiro atoms. The molecule has 4 rings (SSSR count). The Hall–Kier alpha value is -3.49. The second-order valence-corrected chi connectivity index (χ2v) is 8.83. The molecule has 0 radical (unpaired) electrons. The van der Waals surface area contributed by atoms with Crippen molar-refractivity contribution in [2.45, 2.75) is 33.3 Å². The van der Waals surface area contributed by atoms with Gasteiger partial charge in [-0.05, 0) is 25.1 Å². The van der Waals surface area contributed by atoms with E-state index in [1.54, 1.807) is 49.5 Å². The van der Waals surface area contributed by atoms with Gasteiger partial charge in [-0.3, -0.25) is 14.3 Å². The van der Waals surface area contributed by atoms with Crippen LogP contribution in [-0.2, 0) is 6.61 Å². The monoisotopic (exact) mass is 511 g/mol. The fraction of sp³-hybridized carbons (Fsp3) is 0.240. The lowest BCUT2D eigenvalue weighted by Gasteiger charge is -2.16. The van der Waals surface area contributed by atoms with E-state index in [1.807, 2.05) is 13.8 Å². The molecule has 0 aliphatic heterocycles. The van der Waals surface area contributed by atoms with Crippen LogP contribution in [0.1, 0.15) is 37.0 Å². The van der Waals surface area contributed by atoms with Crippen molar-refractivity contribution in [3.63, 3.8) is 0 Å². The quantitative estimate of drug-likeness (QED) is 0.327. The normalized spacial score (nSPS) is 11.1. The van der Waals surface area contributed by atoms with Crippen molar-refractivity contribution in [2.24, 2.45) is 0 Å². The summed E-state index contributed by atoms with van der Waals surface area (Å²) in [5.74, 6) is 1.57. The molecule has 4 heterocycles. The third kappa shape index (κ3) is 5.28. The lowest BCUT2D eigenvalue weighted by atomic mass is 10.2. The van der Waals surface area contributed by atoms with Gasteiger partial charge in [0.2, 0.25) is 5.88 Å². The summed E-state index contributed by atoms with van der Waals surface area (Å²) in [6.45, 7) is 5.91. The highest BCUT2D eigenvalue weighted by Crippen LogP contribution is 2.29. The zero-order chi connectivity index (χ0) is 25.1. The Bertz CT molecular complexity index is 1440. The predicted octanol–water partition coefficient (Wildman–Crippen LogP) is 5.41. The fourth-order valence-corrected chi connectivity index (χ4v) is 3.80. The largest absolute Gasteiger partial charge is 0.485 e. The first kappa shape index (κ1) is 24.6. The van der Waals surface area contributed by atoms with Crippen LogP contribution < -0.4 is 15.0 Å². The van der Waals surface area contributed by atoms with E-state index in [4.69, 9.17) is 32.7 Å². The Morgan fingerprint density at radius 2 is 1.86 bits per heavy atom. The minimum atomic E-state index is -0.468. The molecule has 8 nitrogen and oxygen atoms in total. The summed E-state index contributed by atoms with van der Waals surface area (Å²) in [4.78, 5) is 30.9. The number of pyridine rings is 3. The summed E-state index contributed by atoms with van der Waals surface area (Å²) in [6, 6.07) is 10.5. The summed E-state index contributed by atoms with van der Waals surface area (Å²) in [5.41, 5.74) is 2.37. The highest BCUT2D eigenvalue weighted by molar-refractivity contribution is 6.33. The molecule has 180 valence electrons. The molecular weight excluding hydrogens is 489 g/mol. The molecule has 0 aliphatic rings. The summed E-state index contributed by atoms with van der Waals surface area (Å²) in [7, 11) is 1.54. The Morgan fingerprint density at radius 1 is 1.06 bits per heavy atom. The third-order valence-corrected chi connectivity index (χ3v) is 5.83. The molecule has 0 N–H and O–H groups in total. The number of aromatic nitrogens is 5. The van der Waals surface area contributed by atoms with Crippen molar-refractivity contribution in [3.8, 4) is 28.7 Å². The Labute approximate surface area is 212 Å². The van der Waals surface area contributed by atoms with Gasteiger partial charge in [-0.1, -0.05) is 43.1 Å². The number of hydrogen-bond donors (Lipinski definition) is 0. The molecule has 0 saturated carbocycles. The van der Waals surface area contributed by atoms with Crippen LogP contribution in [0.5, 0.6) is 11.6 Å². The lowest BCUT2D eigenvalue weighted by molar-refractivity contribution is 0.297. The maximum Gasteiger partial charge on any atom is 0.277 e. The van der Waals surface area contributed by atoms with Crippen molar-refractivity contribution in [2.75, 3.05) is 7.11 Å². The zero-order valence-electron chi connectivity index (χ0n) is 19.6. The minimum absolute atomic E-state index is 0.0722. The molecule has 0 saturated heterocycles. The smallest absolute Gasteiger partial charge is 0.277 e. The van der Waals surface area contributed by atoms with E-state index < -0.39 is 5.56 Å². The molecule has 0 unspecified atom stereocenters. The number of methoxy groups -OCH3 is 1. The summed E-state index contributed by atoms with van der Waals surface area (Å²) >= 11 is 12.9. The highest BCUT2D eigenvalue weighted by atomic mass is 35.5. The fourth-order valence-electron chi connectivity index (χ4n) is 3.42. The molecule has 0 aliphatic carbocycles. The van der Waals surface area contributed by atoms with Crippen molar-refractivity contribution in [3.05, 3.63) is 86.4 Å². The maximum atomic E-state index is 13.3. The van der Waals surface area contributed by atoms with Crippen LogP contribution in [0.4, 0.5) is 0 Å². The van der Waals surface area contributed by atoms with Crippen LogP contribution in [0.3, 0.4) is 0 Å². The Morgan fingerprint density at radius 3 is 2.60 bits per heavy atom. The summed E-state index contributed by atoms with van der Waals surface area (Å²) in [6.07, 6.45) is 3.17. The van der Waals surface area contributed by atoms with Gasteiger partial charge in [0.1, 0.15) is 23.2 Å². The van der Waals surface area contributed by atoms with Gasteiger partial charge in [-0.25, -0.2) is 15.0 Å². The molecule has 0 atom stereocenters. The van der Waals surface area contributed by atoms with E-state index >= 15 is 0 Å². The Balaban J connectivity index is 1.70. The van der Waals surface area contributed by atoms with E-state index in [0.29, 0.717) is 45.2 Å². The second kappa shape index (κ2) is 10.4. The van der Waals surface area contributed by atoms with Crippen LogP contribution in [0.2, 0.25) is 10.0 Å². The third-order valence-electron chi connectivity index (χ3n) is 5.19. The van der Waals surface area contributed by atoms with Gasteiger partial charge in [0.05, 0.1) is 34.9 Å². The number of hydrogen-bond acceptors (Lipinski definition) is 7. The number of rotatable bonds is 7. The lowest BCUT2D eigenvalue weighted by Crippen LogP contribution is -2.22. The van der Waals surface area contributed by atoms with Crippen LogP contribution in [0.25, 0.3) is 17.1 Å². The van der Waals surface area contributed by atoms with Crippen LogP contribution in [0.15, 0.2) is 53.6 Å². The van der Waals surface area contributed by atoms with Crippen molar-refractivity contribution in [1.82, 2.24) is 24.5 Å². The average molecular weight is 512 g/mol. The SMILES string of the molecule is COc1cccc(COc2cc(C)n(-c3cc(-c4ccnc(C(C)C)n4)ncc3Cl)c(=O)c2Cl)n1. The number of nitrogens with zero attached hydrogens (tertiary/aromatic N) is 5. The molecular formula is C25H23Cl2N5O3. The van der Waals surface area contributed by atoms with E-state index in [0.717, 1.165) is 0 Å². The van der Waals surface area contributed by atoms with Gasteiger partial charge in [-0.2, -0.15) is 0 Å². The van der Waals surface area contributed by atoms with E-state index in [2.05, 4.69) is 19.9 Å². The van der Waals surface area contributed by atoms with E-state index in [-0.39, 0.29) is 23.3 Å². The van der Waals surface area contributed by atoms with E-state index in [1.165, 1.54) is 17.9 Å². The first-order valence-electron chi connectivity index (χ1n) is 10.8. The minimum Gasteiger partial charge on any atom is -0.485 e. The van der Waals surface area contributed by atoms with Crippen molar-refractivity contribution >= 4 is 23.2 Å². The predicted molar refractivity (Wildman–Crippen MR) is 135 cm³/mol. The molecule has 0 amide bonds. The number of halogens is 2. The maximum absolute atomic E-state index is 13.3. The van der Waals surface area contributed by atoms with Gasteiger partial charge in [0.15, 0.2) is 0 Å². The second-order valence-electron chi connectivity index (χ2n) is 8.04. The molecule has 0 bridgehead atoms. The van der Waals surface area contributed by atoms with Gasteiger partial charge in [0.25, 0.3) is 5.56 Å². The van der Waals surface area contributed by atoms with Crippen LogP contribution in [0, 0.1) is 6.92 Å². The van der Waals surface area contributed by atoms with Crippen molar-refractivity contribution < 1.29 is 9.47 Å². The van der Waals surface area contributed by atoms with Gasteiger partial charge in [-0.15, -0.1) is 0 Å². The zero-order valence-corrected chi connectivity index (χ0v) is 21.1. The van der Waals surface area contributed by atoms with Gasteiger partial charge in [0, 0.05) is 36.1 Å². The van der Waals surface area contributed by atoms with E-state index in [9.17, 15) is 4.79 Å². The van der Waals surface area contributed by atoms with Crippen molar-refractivity contribution in [1.29, 1.82) is 0 Å². The standard InChI is InChI=1S/C25H23Cl2N5O3/c1-14(2)24-28-9-8-18(31-24)19-11-20(17(26)12-29-19)32-15(3)10-21(23(27)25(32)33)35-13-16-6-5-7-22(30-16)34-4/h5-12,14H,13H2,1-4H3. The Kier molecular flexibility index (Phi) is 7.33. The number of aryl methyl sites for hydroxylation is 1. The van der Waals surface area contributed by atoms with Crippen LogP contribution in [-0.4, -0.2) is 31.6 Å². The van der Waals surface area contributed by atoms with Gasteiger partial charge >= 0.3 is 0 Å². The molecule has 35 heavy (non-hydrogen) atoms. The summed E-state index contributed by atoms with van der Waals surface area (Å²) in [5, 5.41) is 0.222. The molecule has 4 aromatic heterocycles. The molecule has 10 heteroatoms. The average Bonchev–Trinajstić information content (AvgIpc) is 2.86. The van der Waals surface area contributed by atoms with Gasteiger partial charge < -0.3 is 9.47 Å². The van der Waals surface area contributed by atoms with Crippen LogP contribution >= 0.6 is 23.2 Å². The first-order valence-corrected chi connectivity index (χ1v) is 11.6. The molecule has 0 aromatic carbocycles. The first-order chi connectivity index (χ1) is 16.8. The molecule has 0 fully saturated rings. The number of ether oxygens (including phenoxy) is 2.